The van der Waals surface area contributed by atoms with Gasteiger partial charge < -0.3 is 9.73 Å². The summed E-state index contributed by atoms with van der Waals surface area (Å²) in [6, 6.07) is 6.50. The fourth-order valence-corrected chi connectivity index (χ4v) is 3.63. The largest absolute Gasteiger partial charge is 0.457 e. The van der Waals surface area contributed by atoms with Gasteiger partial charge in [-0.05, 0) is 57.1 Å². The lowest BCUT2D eigenvalue weighted by Crippen LogP contribution is -2.18. The zero-order chi connectivity index (χ0) is 11.5. The predicted molar refractivity (Wildman–Crippen MR) is 73.9 cm³/mol. The van der Waals surface area contributed by atoms with Gasteiger partial charge in [-0.15, -0.1) is 11.3 Å². The lowest BCUT2D eigenvalue weighted by molar-refractivity contribution is 0.519. The SMILES string of the molecule is CNC(Cc1ccc(Br)s1)c1ccoc1Br. The fraction of sp³-hybridized carbons (Fsp3) is 0.273. The van der Waals surface area contributed by atoms with Gasteiger partial charge in [-0.3, -0.25) is 0 Å². The van der Waals surface area contributed by atoms with Crippen LogP contribution in [0.2, 0.25) is 0 Å². The van der Waals surface area contributed by atoms with Crippen molar-refractivity contribution in [3.05, 3.63) is 43.4 Å². The second kappa shape index (κ2) is 5.49. The molecule has 2 aromatic rings. The van der Waals surface area contributed by atoms with Crippen molar-refractivity contribution in [1.82, 2.24) is 5.32 Å². The summed E-state index contributed by atoms with van der Waals surface area (Å²) in [5.41, 5.74) is 1.16. The zero-order valence-electron chi connectivity index (χ0n) is 8.67. The van der Waals surface area contributed by atoms with E-state index in [1.165, 1.54) is 8.66 Å². The summed E-state index contributed by atoms with van der Waals surface area (Å²) in [6.45, 7) is 0. The van der Waals surface area contributed by atoms with Crippen LogP contribution in [-0.2, 0) is 6.42 Å². The molecule has 1 atom stereocenters. The van der Waals surface area contributed by atoms with Crippen LogP contribution in [0.25, 0.3) is 0 Å². The van der Waals surface area contributed by atoms with Crippen molar-refractivity contribution in [3.8, 4) is 0 Å². The minimum Gasteiger partial charge on any atom is -0.457 e. The molecule has 2 aromatic heterocycles. The molecule has 2 rings (SSSR count). The number of halogens is 2. The van der Waals surface area contributed by atoms with Crippen molar-refractivity contribution in [2.75, 3.05) is 7.05 Å². The Kier molecular flexibility index (Phi) is 4.24. The topological polar surface area (TPSA) is 25.2 Å². The molecule has 0 aromatic carbocycles. The molecule has 86 valence electrons. The van der Waals surface area contributed by atoms with Crippen molar-refractivity contribution in [2.45, 2.75) is 12.5 Å². The third-order valence-corrected chi connectivity index (χ3v) is 4.69. The predicted octanol–water partition coefficient (Wildman–Crippen LogP) is 4.37. The monoisotopic (exact) mass is 363 g/mol. The molecule has 0 saturated heterocycles. The summed E-state index contributed by atoms with van der Waals surface area (Å²) in [4.78, 5) is 1.35. The lowest BCUT2D eigenvalue weighted by Gasteiger charge is -2.13. The maximum atomic E-state index is 5.26. The first-order chi connectivity index (χ1) is 7.70. The van der Waals surface area contributed by atoms with Crippen LogP contribution in [0.1, 0.15) is 16.5 Å². The van der Waals surface area contributed by atoms with E-state index in [4.69, 9.17) is 4.42 Å². The van der Waals surface area contributed by atoms with Crippen molar-refractivity contribution in [3.63, 3.8) is 0 Å². The molecule has 0 aliphatic heterocycles. The zero-order valence-corrected chi connectivity index (χ0v) is 12.7. The number of thiophene rings is 1. The molecule has 0 aliphatic carbocycles. The van der Waals surface area contributed by atoms with E-state index in [1.54, 1.807) is 17.6 Å². The van der Waals surface area contributed by atoms with Crippen LogP contribution in [0, 0.1) is 0 Å². The number of nitrogens with one attached hydrogen (secondary N) is 1. The summed E-state index contributed by atoms with van der Waals surface area (Å²) in [7, 11) is 1.97. The van der Waals surface area contributed by atoms with E-state index < -0.39 is 0 Å². The van der Waals surface area contributed by atoms with E-state index in [0.717, 1.165) is 16.7 Å². The molecule has 16 heavy (non-hydrogen) atoms. The Morgan fingerprint density at radius 3 is 2.69 bits per heavy atom. The highest BCUT2D eigenvalue weighted by Crippen LogP contribution is 2.30. The summed E-state index contributed by atoms with van der Waals surface area (Å²) < 4.78 is 7.24. The van der Waals surface area contributed by atoms with E-state index in [-0.39, 0.29) is 6.04 Å². The minimum atomic E-state index is 0.277. The van der Waals surface area contributed by atoms with Gasteiger partial charge in [0, 0.05) is 22.9 Å². The summed E-state index contributed by atoms with van der Waals surface area (Å²) in [5, 5.41) is 3.30. The Bertz CT molecular complexity index is 466. The molecule has 0 spiro atoms. The number of rotatable bonds is 4. The normalized spacial score (nSPS) is 12.9. The van der Waals surface area contributed by atoms with Gasteiger partial charge in [-0.25, -0.2) is 0 Å². The number of hydrogen-bond donors (Lipinski definition) is 1. The molecule has 5 heteroatoms. The molecule has 1 unspecified atom stereocenters. The van der Waals surface area contributed by atoms with Crippen molar-refractivity contribution >= 4 is 43.2 Å². The molecule has 0 radical (unpaired) electrons. The van der Waals surface area contributed by atoms with Gasteiger partial charge in [-0.2, -0.15) is 0 Å². The van der Waals surface area contributed by atoms with E-state index in [2.05, 4.69) is 49.3 Å². The molecule has 2 nitrogen and oxygen atoms in total. The smallest absolute Gasteiger partial charge is 0.173 e. The Hall–Kier alpha value is -0.100. The molecule has 0 saturated carbocycles. The molecule has 1 N–H and O–H groups in total. The van der Waals surface area contributed by atoms with Crippen molar-refractivity contribution in [2.24, 2.45) is 0 Å². The van der Waals surface area contributed by atoms with Crippen LogP contribution in [0.3, 0.4) is 0 Å². The fourth-order valence-electron chi connectivity index (χ4n) is 1.58. The molecule has 2 heterocycles. The highest BCUT2D eigenvalue weighted by molar-refractivity contribution is 9.11. The Morgan fingerprint density at radius 1 is 1.38 bits per heavy atom. The van der Waals surface area contributed by atoms with E-state index in [0.29, 0.717) is 0 Å². The third kappa shape index (κ3) is 2.77. The van der Waals surface area contributed by atoms with Gasteiger partial charge >= 0.3 is 0 Å². The van der Waals surface area contributed by atoms with Crippen LogP contribution < -0.4 is 5.32 Å². The summed E-state index contributed by atoms with van der Waals surface area (Å²) in [5.74, 6) is 0. The first kappa shape index (κ1) is 12.4. The average Bonchev–Trinajstić information content (AvgIpc) is 2.84. The van der Waals surface area contributed by atoms with Crippen LogP contribution in [-0.4, -0.2) is 7.05 Å². The van der Waals surface area contributed by atoms with E-state index >= 15 is 0 Å². The second-order valence-electron chi connectivity index (χ2n) is 3.40. The van der Waals surface area contributed by atoms with E-state index in [1.807, 2.05) is 13.1 Å². The lowest BCUT2D eigenvalue weighted by atomic mass is 10.1. The number of hydrogen-bond acceptors (Lipinski definition) is 3. The Balaban J connectivity index is 2.15. The summed E-state index contributed by atoms with van der Waals surface area (Å²) in [6.07, 6.45) is 2.67. The van der Waals surface area contributed by atoms with Gasteiger partial charge in [0.2, 0.25) is 0 Å². The van der Waals surface area contributed by atoms with Crippen LogP contribution in [0.5, 0.6) is 0 Å². The number of likely N-dealkylation sites (N-methyl/N-ethyl adjacent to an activating group) is 1. The first-order valence-corrected chi connectivity index (χ1v) is 7.25. The second-order valence-corrected chi connectivity index (χ2v) is 6.67. The maximum absolute atomic E-state index is 5.26. The maximum Gasteiger partial charge on any atom is 0.173 e. The van der Waals surface area contributed by atoms with Gasteiger partial charge in [0.05, 0.1) is 10.0 Å². The molecule has 0 aliphatic rings. The molecular weight excluding hydrogens is 354 g/mol. The highest BCUT2D eigenvalue weighted by atomic mass is 79.9. The summed E-state index contributed by atoms with van der Waals surface area (Å²) >= 11 is 8.66. The van der Waals surface area contributed by atoms with Crippen LogP contribution >= 0.6 is 43.2 Å². The molecule has 0 fully saturated rings. The average molecular weight is 365 g/mol. The Labute approximate surface area is 115 Å². The van der Waals surface area contributed by atoms with E-state index in [9.17, 15) is 0 Å². The van der Waals surface area contributed by atoms with Crippen molar-refractivity contribution in [1.29, 1.82) is 0 Å². The first-order valence-electron chi connectivity index (χ1n) is 4.85. The highest BCUT2D eigenvalue weighted by Gasteiger charge is 2.16. The van der Waals surface area contributed by atoms with Crippen LogP contribution in [0.15, 0.2) is 37.3 Å². The van der Waals surface area contributed by atoms with Gasteiger partial charge in [-0.1, -0.05) is 0 Å². The Morgan fingerprint density at radius 2 is 2.19 bits per heavy atom. The van der Waals surface area contributed by atoms with Gasteiger partial charge in [0.15, 0.2) is 4.67 Å². The standard InChI is InChI=1S/C11H11Br2NOS/c1-14-9(8-4-5-15-11(8)13)6-7-2-3-10(12)16-7/h2-5,9,14H,6H2,1H3. The number of furan rings is 1. The van der Waals surface area contributed by atoms with Gasteiger partial charge in [0.1, 0.15) is 0 Å². The van der Waals surface area contributed by atoms with Crippen LogP contribution in [0.4, 0.5) is 0 Å². The van der Waals surface area contributed by atoms with Crippen molar-refractivity contribution < 1.29 is 4.42 Å². The quantitative estimate of drug-likeness (QED) is 0.871. The minimum absolute atomic E-state index is 0.277. The molecular formula is C11H11Br2NOS. The molecule has 0 bridgehead atoms. The molecule has 0 amide bonds. The van der Waals surface area contributed by atoms with Gasteiger partial charge in [0.25, 0.3) is 0 Å². The third-order valence-electron chi connectivity index (χ3n) is 2.40.